The molecule has 4 rings (SSSR count). The lowest BCUT2D eigenvalue weighted by molar-refractivity contribution is -0.384. The number of carbonyl (C=O) groups excluding carboxylic acids is 1. The number of alkyl halides is 4. The van der Waals surface area contributed by atoms with Gasteiger partial charge in [-0.2, -0.15) is 13.2 Å². The maximum absolute atomic E-state index is 12.9. The minimum absolute atomic E-state index is 0.0541. The van der Waals surface area contributed by atoms with Crippen LogP contribution < -0.4 is 10.0 Å². The number of halogens is 4. The molecule has 3 N–H and O–H groups in total. The smallest absolute Gasteiger partial charge is 0.416 e. The summed E-state index contributed by atoms with van der Waals surface area (Å²) in [5.41, 5.74) is -1.19. The number of phenols is 1. The number of non-ortho nitro benzene ring substituents is 1. The molecule has 0 bridgehead atoms. The first kappa shape index (κ1) is 26.0. The summed E-state index contributed by atoms with van der Waals surface area (Å²) in [6.07, 6.45) is -3.42. The number of fused-ring (bicyclic) bond motifs is 1. The van der Waals surface area contributed by atoms with Crippen molar-refractivity contribution >= 4 is 56.2 Å². The molecular weight excluding hydrogens is 539 g/mol. The largest absolute Gasteiger partial charge is 0.507 e. The maximum Gasteiger partial charge on any atom is 0.416 e. The Labute approximate surface area is 212 Å². The molecule has 1 aliphatic rings. The van der Waals surface area contributed by atoms with Crippen LogP contribution in [0.5, 0.6) is 5.75 Å². The predicted octanol–water partition coefficient (Wildman–Crippen LogP) is 5.35. The van der Waals surface area contributed by atoms with E-state index in [-0.39, 0.29) is 55.9 Å². The lowest BCUT2D eigenvalue weighted by atomic mass is 10.0. The first-order valence-electron chi connectivity index (χ1n) is 10.2. The third-order valence-electron chi connectivity index (χ3n) is 5.41. The third-order valence-corrected chi connectivity index (χ3v) is 7.07. The number of benzene rings is 3. The third kappa shape index (κ3) is 5.22. The van der Waals surface area contributed by atoms with E-state index in [0.29, 0.717) is 0 Å². The number of sulfonamides is 1. The van der Waals surface area contributed by atoms with E-state index in [2.05, 4.69) is 10.0 Å². The Morgan fingerprint density at radius 3 is 2.38 bits per heavy atom. The Morgan fingerprint density at radius 2 is 1.78 bits per heavy atom. The number of nitro benzene ring substituents is 1. The fourth-order valence-corrected chi connectivity index (χ4v) is 4.88. The number of nitrogens with one attached hydrogen (secondary N) is 2. The highest BCUT2D eigenvalue weighted by Gasteiger charge is 2.31. The van der Waals surface area contributed by atoms with Crippen molar-refractivity contribution in [1.29, 1.82) is 0 Å². The molecule has 0 saturated carbocycles. The molecule has 0 spiro atoms. The van der Waals surface area contributed by atoms with Crippen LogP contribution in [-0.4, -0.2) is 24.4 Å². The van der Waals surface area contributed by atoms with Crippen LogP contribution in [-0.2, 0) is 26.9 Å². The van der Waals surface area contributed by atoms with Gasteiger partial charge in [0.15, 0.2) is 0 Å². The number of rotatable bonds is 6. The molecule has 0 fully saturated rings. The van der Waals surface area contributed by atoms with E-state index in [4.69, 9.17) is 11.6 Å². The minimum Gasteiger partial charge on any atom is -0.507 e. The Hall–Kier alpha value is -4.10. The first-order chi connectivity index (χ1) is 17.3. The first-order valence-corrected chi connectivity index (χ1v) is 12.3. The second kappa shape index (κ2) is 9.41. The van der Waals surface area contributed by atoms with Gasteiger partial charge in [-0.1, -0.05) is 0 Å². The highest BCUT2D eigenvalue weighted by atomic mass is 35.5. The monoisotopic (exact) mass is 553 g/mol. The summed E-state index contributed by atoms with van der Waals surface area (Å²) >= 11 is 5.76. The summed E-state index contributed by atoms with van der Waals surface area (Å²) in [6.45, 7) is 0. The standard InChI is InChI=1S/C23H15ClF3N3O6S/c24-11-13-8-16(30(33)34)7-12(21(13)31)9-19-18-10-17(5-6-20(18)28-22(19)32)37(35,36)29-15-3-1-14(2-4-15)23(25,26)27/h1-10,29,31H,11H2,(H,28,32). The molecule has 0 radical (unpaired) electrons. The molecule has 37 heavy (non-hydrogen) atoms. The number of nitrogens with zero attached hydrogens (tertiary/aromatic N) is 1. The minimum atomic E-state index is -4.59. The lowest BCUT2D eigenvalue weighted by Gasteiger charge is -2.11. The normalized spacial score (nSPS) is 14.4. The zero-order valence-corrected chi connectivity index (χ0v) is 19.9. The number of anilines is 2. The van der Waals surface area contributed by atoms with Crippen molar-refractivity contribution in [2.75, 3.05) is 10.0 Å². The van der Waals surface area contributed by atoms with Gasteiger partial charge in [0, 0.05) is 45.8 Å². The van der Waals surface area contributed by atoms with Gasteiger partial charge in [-0.25, -0.2) is 8.42 Å². The van der Waals surface area contributed by atoms with Crippen molar-refractivity contribution < 1.29 is 36.4 Å². The van der Waals surface area contributed by atoms with Crippen molar-refractivity contribution in [1.82, 2.24) is 0 Å². The number of amides is 1. The van der Waals surface area contributed by atoms with Crippen LogP contribution in [0.2, 0.25) is 0 Å². The zero-order valence-electron chi connectivity index (χ0n) is 18.3. The van der Waals surface area contributed by atoms with Crippen LogP contribution in [0.25, 0.3) is 11.6 Å². The number of carbonyl (C=O) groups is 1. The highest BCUT2D eigenvalue weighted by molar-refractivity contribution is 7.92. The second-order valence-electron chi connectivity index (χ2n) is 7.83. The van der Waals surface area contributed by atoms with Gasteiger partial charge in [-0.15, -0.1) is 11.6 Å². The molecule has 1 amide bonds. The molecule has 9 nitrogen and oxygen atoms in total. The Morgan fingerprint density at radius 1 is 1.11 bits per heavy atom. The summed E-state index contributed by atoms with van der Waals surface area (Å²) in [5.74, 6) is -1.29. The molecule has 0 saturated heterocycles. The van der Waals surface area contributed by atoms with Crippen molar-refractivity contribution in [3.63, 3.8) is 0 Å². The van der Waals surface area contributed by atoms with Crippen LogP contribution in [0.1, 0.15) is 22.3 Å². The number of aromatic hydroxyl groups is 1. The fourth-order valence-electron chi connectivity index (χ4n) is 3.59. The summed E-state index contributed by atoms with van der Waals surface area (Å²) in [6, 6.07) is 9.16. The quantitative estimate of drug-likeness (QED) is 0.163. The number of hydrogen-bond acceptors (Lipinski definition) is 6. The molecule has 0 aromatic heterocycles. The molecule has 0 unspecified atom stereocenters. The van der Waals surface area contributed by atoms with E-state index in [9.17, 15) is 41.6 Å². The van der Waals surface area contributed by atoms with Gasteiger partial charge in [-0.3, -0.25) is 19.6 Å². The van der Waals surface area contributed by atoms with Crippen molar-refractivity contribution in [3.05, 3.63) is 87.0 Å². The van der Waals surface area contributed by atoms with Crippen LogP contribution >= 0.6 is 11.6 Å². The van der Waals surface area contributed by atoms with Gasteiger partial charge in [-0.05, 0) is 48.5 Å². The van der Waals surface area contributed by atoms with Gasteiger partial charge in [0.05, 0.1) is 21.3 Å². The molecule has 0 atom stereocenters. The fraction of sp³-hybridized carbons (Fsp3) is 0.0870. The average Bonchev–Trinajstić information content (AvgIpc) is 3.13. The second-order valence-corrected chi connectivity index (χ2v) is 9.78. The van der Waals surface area contributed by atoms with E-state index in [0.717, 1.165) is 42.5 Å². The van der Waals surface area contributed by atoms with Crippen LogP contribution in [0, 0.1) is 10.1 Å². The lowest BCUT2D eigenvalue weighted by Crippen LogP contribution is -2.13. The average molecular weight is 554 g/mol. The predicted molar refractivity (Wildman–Crippen MR) is 130 cm³/mol. The highest BCUT2D eigenvalue weighted by Crippen LogP contribution is 2.38. The van der Waals surface area contributed by atoms with Crippen LogP contribution in [0.3, 0.4) is 0 Å². The van der Waals surface area contributed by atoms with Gasteiger partial charge >= 0.3 is 6.18 Å². The van der Waals surface area contributed by atoms with Gasteiger partial charge in [0.1, 0.15) is 5.75 Å². The topological polar surface area (TPSA) is 139 Å². The summed E-state index contributed by atoms with van der Waals surface area (Å²) < 4.78 is 66.3. The number of nitro groups is 1. The molecule has 1 aliphatic heterocycles. The van der Waals surface area contributed by atoms with Crippen molar-refractivity contribution in [2.24, 2.45) is 0 Å². The van der Waals surface area contributed by atoms with Gasteiger partial charge in [0.25, 0.3) is 21.6 Å². The van der Waals surface area contributed by atoms with E-state index < -0.39 is 32.6 Å². The SMILES string of the molecule is O=C1Nc2ccc(S(=O)(=O)Nc3ccc(C(F)(F)F)cc3)cc2C1=Cc1cc([N+](=O)[O-])cc(CCl)c1O. The summed E-state index contributed by atoms with van der Waals surface area (Å²) in [4.78, 5) is 22.9. The van der Waals surface area contributed by atoms with E-state index in [1.807, 2.05) is 0 Å². The molecular formula is C23H15ClF3N3O6S. The zero-order chi connectivity index (χ0) is 27.1. The summed E-state index contributed by atoms with van der Waals surface area (Å²) in [5, 5.41) is 24.2. The van der Waals surface area contributed by atoms with E-state index in [1.165, 1.54) is 18.2 Å². The Bertz CT molecular complexity index is 1570. The molecule has 3 aromatic rings. The molecule has 0 aliphatic carbocycles. The van der Waals surface area contributed by atoms with Crippen molar-refractivity contribution in [3.8, 4) is 5.75 Å². The number of hydrogen-bond donors (Lipinski definition) is 3. The van der Waals surface area contributed by atoms with E-state index in [1.54, 1.807) is 0 Å². The molecule has 14 heteroatoms. The van der Waals surface area contributed by atoms with Gasteiger partial charge < -0.3 is 10.4 Å². The molecule has 192 valence electrons. The number of phenolic OH excluding ortho intramolecular Hbond substituents is 1. The molecule has 3 aromatic carbocycles. The van der Waals surface area contributed by atoms with Crippen LogP contribution in [0.4, 0.5) is 30.2 Å². The maximum atomic E-state index is 12.9. The molecule has 1 heterocycles. The summed E-state index contributed by atoms with van der Waals surface area (Å²) in [7, 11) is -4.29. The van der Waals surface area contributed by atoms with Crippen LogP contribution in [0.15, 0.2) is 59.5 Å². The Balaban J connectivity index is 1.72. The van der Waals surface area contributed by atoms with Crippen molar-refractivity contribution in [2.45, 2.75) is 17.0 Å². The van der Waals surface area contributed by atoms with E-state index >= 15 is 0 Å². The Kier molecular flexibility index (Phi) is 6.60. The van der Waals surface area contributed by atoms with Gasteiger partial charge in [0.2, 0.25) is 0 Å².